The summed E-state index contributed by atoms with van der Waals surface area (Å²) in [4.78, 5) is 11.3. The molecule has 0 radical (unpaired) electrons. The first-order chi connectivity index (χ1) is 9.55. The van der Waals surface area contributed by atoms with Crippen LogP contribution in [0.4, 0.5) is 5.82 Å². The predicted octanol–water partition coefficient (Wildman–Crippen LogP) is 2.59. The fourth-order valence-corrected chi connectivity index (χ4v) is 2.13. The lowest BCUT2D eigenvalue weighted by atomic mass is 10.2. The Hall–Kier alpha value is -1.67. The van der Waals surface area contributed by atoms with Crippen LogP contribution in [0.3, 0.4) is 0 Å². The maximum Gasteiger partial charge on any atom is 0.144 e. The van der Waals surface area contributed by atoms with Crippen LogP contribution in [0.2, 0.25) is 0 Å². The van der Waals surface area contributed by atoms with E-state index in [2.05, 4.69) is 47.0 Å². The van der Waals surface area contributed by atoms with Gasteiger partial charge in [-0.15, -0.1) is 0 Å². The Labute approximate surface area is 122 Å². The van der Waals surface area contributed by atoms with E-state index in [1.807, 2.05) is 13.0 Å². The summed E-state index contributed by atoms with van der Waals surface area (Å²) in [6.07, 6.45) is 0.540. The second-order valence-corrected chi connectivity index (χ2v) is 5.38. The topological polar surface area (TPSA) is 64.8 Å². The van der Waals surface area contributed by atoms with E-state index in [0.29, 0.717) is 18.9 Å². The summed E-state index contributed by atoms with van der Waals surface area (Å²) in [7, 11) is 0. The minimum Gasteiger partial charge on any atom is -0.370 e. The van der Waals surface area contributed by atoms with Gasteiger partial charge < -0.3 is 5.32 Å². The van der Waals surface area contributed by atoms with Crippen molar-refractivity contribution in [2.45, 2.75) is 40.7 Å². The van der Waals surface area contributed by atoms with Gasteiger partial charge in [0.1, 0.15) is 11.6 Å². The fraction of sp³-hybridized carbons (Fsp3) is 0.667. The maximum absolute atomic E-state index is 8.76. The molecule has 0 spiro atoms. The first-order valence-corrected chi connectivity index (χ1v) is 7.22. The quantitative estimate of drug-likeness (QED) is 0.790. The van der Waals surface area contributed by atoms with E-state index >= 15 is 0 Å². The van der Waals surface area contributed by atoms with Crippen molar-refractivity contribution in [3.8, 4) is 6.07 Å². The van der Waals surface area contributed by atoms with Gasteiger partial charge >= 0.3 is 0 Å². The Bertz CT molecular complexity index is 450. The number of hydrogen-bond donors (Lipinski definition) is 1. The van der Waals surface area contributed by atoms with Crippen LogP contribution >= 0.6 is 0 Å². The first-order valence-electron chi connectivity index (χ1n) is 7.22. The molecule has 0 unspecified atom stereocenters. The molecular formula is C15H25N5. The summed E-state index contributed by atoms with van der Waals surface area (Å²) in [5.74, 6) is 2.26. The highest BCUT2D eigenvalue weighted by Crippen LogP contribution is 2.10. The SMILES string of the molecule is CCNc1cc(C)nc(CN(CCC#N)CC(C)C)n1. The van der Waals surface area contributed by atoms with Gasteiger partial charge in [-0.05, 0) is 19.8 Å². The Morgan fingerprint density at radius 2 is 2.15 bits per heavy atom. The fourth-order valence-electron chi connectivity index (χ4n) is 2.13. The zero-order valence-corrected chi connectivity index (χ0v) is 13.0. The molecule has 0 amide bonds. The summed E-state index contributed by atoms with van der Waals surface area (Å²) in [5, 5.41) is 12.0. The molecule has 1 heterocycles. The smallest absolute Gasteiger partial charge is 0.144 e. The van der Waals surface area contributed by atoms with E-state index in [9.17, 15) is 0 Å². The lowest BCUT2D eigenvalue weighted by Gasteiger charge is -2.22. The summed E-state index contributed by atoms with van der Waals surface area (Å²) < 4.78 is 0. The minimum atomic E-state index is 0.540. The van der Waals surface area contributed by atoms with E-state index in [1.165, 1.54) is 0 Å². The molecule has 20 heavy (non-hydrogen) atoms. The van der Waals surface area contributed by atoms with Gasteiger partial charge in [0.15, 0.2) is 0 Å². The second kappa shape index (κ2) is 8.49. The zero-order valence-electron chi connectivity index (χ0n) is 13.0. The number of nitriles is 1. The molecule has 0 fully saturated rings. The van der Waals surface area contributed by atoms with Crippen molar-refractivity contribution in [2.75, 3.05) is 25.0 Å². The van der Waals surface area contributed by atoms with Gasteiger partial charge in [0.25, 0.3) is 0 Å². The Balaban J connectivity index is 2.78. The van der Waals surface area contributed by atoms with E-state index < -0.39 is 0 Å². The summed E-state index contributed by atoms with van der Waals surface area (Å²) in [6.45, 7) is 11.7. The molecule has 0 atom stereocenters. The Morgan fingerprint density at radius 1 is 1.40 bits per heavy atom. The normalized spacial score (nSPS) is 10.8. The minimum absolute atomic E-state index is 0.540. The number of aryl methyl sites for hydroxylation is 1. The molecule has 0 aliphatic carbocycles. The number of aromatic nitrogens is 2. The van der Waals surface area contributed by atoms with Crippen molar-refractivity contribution < 1.29 is 0 Å². The number of nitrogens with zero attached hydrogens (tertiary/aromatic N) is 4. The van der Waals surface area contributed by atoms with Gasteiger partial charge in [-0.1, -0.05) is 13.8 Å². The van der Waals surface area contributed by atoms with Gasteiger partial charge in [0, 0.05) is 37.8 Å². The largest absolute Gasteiger partial charge is 0.370 e. The third-order valence-electron chi connectivity index (χ3n) is 2.79. The molecule has 0 saturated heterocycles. The first kappa shape index (κ1) is 16.4. The molecule has 5 heteroatoms. The maximum atomic E-state index is 8.76. The molecule has 1 rings (SSSR count). The molecule has 0 aromatic carbocycles. The number of hydrogen-bond acceptors (Lipinski definition) is 5. The van der Waals surface area contributed by atoms with Crippen LogP contribution in [0.15, 0.2) is 6.07 Å². The molecule has 110 valence electrons. The zero-order chi connectivity index (χ0) is 15.0. The van der Waals surface area contributed by atoms with Gasteiger partial charge in [-0.2, -0.15) is 5.26 Å². The summed E-state index contributed by atoms with van der Waals surface area (Å²) in [5.41, 5.74) is 0.968. The molecular weight excluding hydrogens is 250 g/mol. The number of rotatable bonds is 8. The molecule has 0 bridgehead atoms. The Kier molecular flexibility index (Phi) is 6.96. The van der Waals surface area contributed by atoms with Crippen molar-refractivity contribution in [1.82, 2.24) is 14.9 Å². The average Bonchev–Trinajstić information content (AvgIpc) is 2.35. The van der Waals surface area contributed by atoms with E-state index in [1.54, 1.807) is 0 Å². The van der Waals surface area contributed by atoms with E-state index in [4.69, 9.17) is 5.26 Å². The summed E-state index contributed by atoms with van der Waals surface area (Å²) in [6, 6.07) is 4.16. The van der Waals surface area contributed by atoms with Gasteiger partial charge in [0.05, 0.1) is 12.6 Å². The van der Waals surface area contributed by atoms with Gasteiger partial charge in [0.2, 0.25) is 0 Å². The third-order valence-corrected chi connectivity index (χ3v) is 2.79. The summed E-state index contributed by atoms with van der Waals surface area (Å²) >= 11 is 0. The molecule has 5 nitrogen and oxygen atoms in total. The van der Waals surface area contributed by atoms with Crippen molar-refractivity contribution in [2.24, 2.45) is 5.92 Å². The molecule has 1 aromatic heterocycles. The van der Waals surface area contributed by atoms with Crippen LogP contribution in [0.1, 0.15) is 38.7 Å². The lowest BCUT2D eigenvalue weighted by molar-refractivity contribution is 0.235. The van der Waals surface area contributed by atoms with Crippen molar-refractivity contribution in [3.63, 3.8) is 0 Å². The van der Waals surface area contributed by atoms with Crippen LogP contribution in [0, 0.1) is 24.2 Å². The monoisotopic (exact) mass is 275 g/mol. The third kappa shape index (κ3) is 5.98. The van der Waals surface area contributed by atoms with E-state index in [0.717, 1.165) is 37.0 Å². The number of nitrogens with one attached hydrogen (secondary N) is 1. The molecule has 1 aromatic rings. The van der Waals surface area contributed by atoms with Crippen molar-refractivity contribution in [1.29, 1.82) is 5.26 Å². The predicted molar refractivity (Wildman–Crippen MR) is 81.3 cm³/mol. The van der Waals surface area contributed by atoms with Gasteiger partial charge in [-0.25, -0.2) is 9.97 Å². The Morgan fingerprint density at radius 3 is 2.75 bits per heavy atom. The standard InChI is InChI=1S/C15H25N5/c1-5-17-14-9-13(4)18-15(19-14)11-20(8-6-7-16)10-12(2)3/h9,12H,5-6,8,10-11H2,1-4H3,(H,17,18,19). The molecule has 0 aliphatic heterocycles. The van der Waals surface area contributed by atoms with Crippen LogP contribution in [-0.2, 0) is 6.54 Å². The van der Waals surface area contributed by atoms with Gasteiger partial charge in [-0.3, -0.25) is 4.90 Å². The highest BCUT2D eigenvalue weighted by atomic mass is 15.2. The molecule has 0 saturated carbocycles. The van der Waals surface area contributed by atoms with E-state index in [-0.39, 0.29) is 0 Å². The highest BCUT2D eigenvalue weighted by Gasteiger charge is 2.11. The van der Waals surface area contributed by atoms with Crippen LogP contribution in [-0.4, -0.2) is 34.5 Å². The lowest BCUT2D eigenvalue weighted by Crippen LogP contribution is -2.29. The average molecular weight is 275 g/mol. The highest BCUT2D eigenvalue weighted by molar-refractivity contribution is 5.35. The molecule has 1 N–H and O–H groups in total. The van der Waals surface area contributed by atoms with Crippen LogP contribution in [0.5, 0.6) is 0 Å². The number of anilines is 1. The van der Waals surface area contributed by atoms with Crippen molar-refractivity contribution in [3.05, 3.63) is 17.6 Å². The second-order valence-electron chi connectivity index (χ2n) is 5.38. The van der Waals surface area contributed by atoms with Crippen LogP contribution < -0.4 is 5.32 Å². The van der Waals surface area contributed by atoms with Crippen LogP contribution in [0.25, 0.3) is 0 Å². The molecule has 0 aliphatic rings. The van der Waals surface area contributed by atoms with Crippen molar-refractivity contribution >= 4 is 5.82 Å².